The molecule has 1 aromatic carbocycles. The van der Waals surface area contributed by atoms with E-state index in [0.717, 1.165) is 31.2 Å². The van der Waals surface area contributed by atoms with Gasteiger partial charge in [0.2, 0.25) is 5.91 Å². The van der Waals surface area contributed by atoms with Crippen molar-refractivity contribution < 1.29 is 9.90 Å². The van der Waals surface area contributed by atoms with E-state index in [1.54, 1.807) is 0 Å². The zero-order chi connectivity index (χ0) is 13.0. The number of amides is 1. The molecule has 1 fully saturated rings. The lowest BCUT2D eigenvalue weighted by Crippen LogP contribution is -2.53. The van der Waals surface area contributed by atoms with Gasteiger partial charge in [-0.05, 0) is 18.4 Å². The third-order valence-corrected chi connectivity index (χ3v) is 3.64. The van der Waals surface area contributed by atoms with E-state index in [0.29, 0.717) is 0 Å². The fraction of sp³-hybridized carbons (Fsp3) is 0.500. The number of hydrogen-bond donors (Lipinski definition) is 3. The lowest BCUT2D eigenvalue weighted by atomic mass is 9.97. The minimum atomic E-state index is -0.748. The van der Waals surface area contributed by atoms with E-state index in [9.17, 15) is 9.90 Å². The Labute approximate surface area is 107 Å². The van der Waals surface area contributed by atoms with Crippen LogP contribution in [0.5, 0.6) is 0 Å². The van der Waals surface area contributed by atoms with Crippen LogP contribution in [0.1, 0.15) is 37.3 Å². The topological polar surface area (TPSA) is 75.4 Å². The molecule has 18 heavy (non-hydrogen) atoms. The summed E-state index contributed by atoms with van der Waals surface area (Å²) in [6, 6.07) is 9.08. The van der Waals surface area contributed by atoms with Crippen molar-refractivity contribution in [3.8, 4) is 0 Å². The largest absolute Gasteiger partial charge is 0.394 e. The Bertz CT molecular complexity index is 400. The zero-order valence-corrected chi connectivity index (χ0v) is 10.4. The van der Waals surface area contributed by atoms with Crippen molar-refractivity contribution in [2.45, 2.75) is 37.3 Å². The Morgan fingerprint density at radius 2 is 1.94 bits per heavy atom. The van der Waals surface area contributed by atoms with Crippen molar-refractivity contribution >= 4 is 5.91 Å². The van der Waals surface area contributed by atoms with E-state index in [1.807, 2.05) is 30.3 Å². The van der Waals surface area contributed by atoms with E-state index in [1.165, 1.54) is 0 Å². The molecule has 1 aliphatic carbocycles. The molecule has 0 aromatic heterocycles. The molecular weight excluding hydrogens is 228 g/mol. The minimum absolute atomic E-state index is 0.119. The summed E-state index contributed by atoms with van der Waals surface area (Å²) >= 11 is 0. The molecule has 1 unspecified atom stereocenters. The first-order valence-corrected chi connectivity index (χ1v) is 6.41. The van der Waals surface area contributed by atoms with Crippen molar-refractivity contribution in [2.75, 3.05) is 6.61 Å². The van der Waals surface area contributed by atoms with Crippen molar-refractivity contribution in [2.24, 2.45) is 5.73 Å². The van der Waals surface area contributed by atoms with Crippen LogP contribution in [0.2, 0.25) is 0 Å². The molecule has 1 amide bonds. The van der Waals surface area contributed by atoms with Crippen LogP contribution < -0.4 is 11.1 Å². The smallest absolute Gasteiger partial charge is 0.240 e. The fourth-order valence-corrected chi connectivity index (χ4v) is 2.45. The number of benzene rings is 1. The van der Waals surface area contributed by atoms with E-state index in [2.05, 4.69) is 5.32 Å². The molecule has 4 heteroatoms. The highest BCUT2D eigenvalue weighted by Crippen LogP contribution is 2.28. The molecule has 1 atom stereocenters. The summed E-state index contributed by atoms with van der Waals surface area (Å²) in [6.07, 6.45) is 3.45. The van der Waals surface area contributed by atoms with Gasteiger partial charge in [0.25, 0.3) is 0 Å². The van der Waals surface area contributed by atoms with E-state index in [4.69, 9.17) is 5.73 Å². The number of nitrogens with two attached hydrogens (primary N) is 1. The average molecular weight is 248 g/mol. The van der Waals surface area contributed by atoms with Crippen LogP contribution in [-0.2, 0) is 4.79 Å². The van der Waals surface area contributed by atoms with Gasteiger partial charge < -0.3 is 16.2 Å². The highest BCUT2D eigenvalue weighted by atomic mass is 16.3. The fourth-order valence-electron chi connectivity index (χ4n) is 2.45. The van der Waals surface area contributed by atoms with Crippen LogP contribution in [-0.4, -0.2) is 23.2 Å². The Morgan fingerprint density at radius 3 is 2.50 bits per heavy atom. The molecule has 1 aromatic rings. The number of aliphatic hydroxyl groups excluding tert-OH is 1. The van der Waals surface area contributed by atoms with Gasteiger partial charge in [-0.2, -0.15) is 0 Å². The van der Waals surface area contributed by atoms with Gasteiger partial charge in [-0.25, -0.2) is 0 Å². The highest BCUT2D eigenvalue weighted by Gasteiger charge is 2.37. The van der Waals surface area contributed by atoms with E-state index in [-0.39, 0.29) is 18.6 Å². The van der Waals surface area contributed by atoms with E-state index < -0.39 is 5.54 Å². The normalized spacial score (nSPS) is 19.4. The summed E-state index contributed by atoms with van der Waals surface area (Å²) in [5, 5.41) is 12.3. The van der Waals surface area contributed by atoms with Crippen LogP contribution in [0.15, 0.2) is 30.3 Å². The molecular formula is C14H20N2O2. The maximum Gasteiger partial charge on any atom is 0.240 e. The molecule has 2 rings (SSSR count). The SMILES string of the molecule is NC1(C(=O)NC(CO)c2ccccc2)CCCC1. The van der Waals surface area contributed by atoms with Gasteiger partial charge in [-0.1, -0.05) is 43.2 Å². The maximum atomic E-state index is 12.2. The summed E-state index contributed by atoms with van der Waals surface area (Å²) in [5.41, 5.74) is 6.24. The second-order valence-corrected chi connectivity index (χ2v) is 4.98. The van der Waals surface area contributed by atoms with Crippen LogP contribution in [0, 0.1) is 0 Å². The summed E-state index contributed by atoms with van der Waals surface area (Å²) in [7, 11) is 0. The molecule has 4 nitrogen and oxygen atoms in total. The highest BCUT2D eigenvalue weighted by molar-refractivity contribution is 5.86. The molecule has 0 spiro atoms. The monoisotopic (exact) mass is 248 g/mol. The summed E-state index contributed by atoms with van der Waals surface area (Å²) in [6.45, 7) is -0.119. The van der Waals surface area contributed by atoms with Crippen molar-refractivity contribution in [1.82, 2.24) is 5.32 Å². The minimum Gasteiger partial charge on any atom is -0.394 e. The first-order chi connectivity index (χ1) is 8.65. The van der Waals surface area contributed by atoms with Gasteiger partial charge in [0.15, 0.2) is 0 Å². The molecule has 0 aliphatic heterocycles. The van der Waals surface area contributed by atoms with Crippen molar-refractivity contribution in [3.63, 3.8) is 0 Å². The van der Waals surface area contributed by atoms with E-state index >= 15 is 0 Å². The Hall–Kier alpha value is -1.39. The molecule has 4 N–H and O–H groups in total. The molecule has 0 saturated heterocycles. The molecule has 0 bridgehead atoms. The Morgan fingerprint density at radius 1 is 1.33 bits per heavy atom. The van der Waals surface area contributed by atoms with Gasteiger partial charge in [0.1, 0.15) is 0 Å². The third kappa shape index (κ3) is 2.71. The summed E-state index contributed by atoms with van der Waals surface area (Å²) < 4.78 is 0. The standard InChI is InChI=1S/C14H20N2O2/c15-14(8-4-5-9-14)13(18)16-12(10-17)11-6-2-1-3-7-11/h1-3,6-7,12,17H,4-5,8-10,15H2,(H,16,18). The van der Waals surface area contributed by atoms with Crippen LogP contribution in [0.3, 0.4) is 0 Å². The quantitative estimate of drug-likeness (QED) is 0.747. The van der Waals surface area contributed by atoms with Crippen LogP contribution in [0.25, 0.3) is 0 Å². The average Bonchev–Trinajstić information content (AvgIpc) is 2.85. The van der Waals surface area contributed by atoms with Gasteiger partial charge in [0.05, 0.1) is 18.2 Å². The number of rotatable bonds is 4. The second kappa shape index (κ2) is 5.50. The maximum absolute atomic E-state index is 12.2. The van der Waals surface area contributed by atoms with Gasteiger partial charge in [0, 0.05) is 0 Å². The van der Waals surface area contributed by atoms with Crippen LogP contribution >= 0.6 is 0 Å². The molecule has 0 radical (unpaired) electrons. The number of aliphatic hydroxyl groups is 1. The predicted molar refractivity (Wildman–Crippen MR) is 69.8 cm³/mol. The molecule has 1 saturated carbocycles. The lowest BCUT2D eigenvalue weighted by molar-refractivity contribution is -0.127. The second-order valence-electron chi connectivity index (χ2n) is 4.98. The first kappa shape index (κ1) is 13.1. The molecule has 1 aliphatic rings. The Balaban J connectivity index is 2.05. The summed E-state index contributed by atoms with van der Waals surface area (Å²) in [5.74, 6) is -0.150. The number of carbonyl (C=O) groups is 1. The predicted octanol–water partition coefficient (Wildman–Crippen LogP) is 1.11. The first-order valence-electron chi connectivity index (χ1n) is 6.41. The zero-order valence-electron chi connectivity index (χ0n) is 10.4. The van der Waals surface area contributed by atoms with Crippen molar-refractivity contribution in [3.05, 3.63) is 35.9 Å². The summed E-state index contributed by atoms with van der Waals surface area (Å²) in [4.78, 5) is 12.2. The number of hydrogen-bond acceptors (Lipinski definition) is 3. The van der Waals surface area contributed by atoms with Crippen molar-refractivity contribution in [1.29, 1.82) is 0 Å². The third-order valence-electron chi connectivity index (χ3n) is 3.64. The Kier molecular flexibility index (Phi) is 3.99. The van der Waals surface area contributed by atoms with Gasteiger partial charge in [-0.15, -0.1) is 0 Å². The van der Waals surface area contributed by atoms with Gasteiger partial charge >= 0.3 is 0 Å². The number of carbonyl (C=O) groups excluding carboxylic acids is 1. The lowest BCUT2D eigenvalue weighted by Gasteiger charge is -2.26. The molecule has 98 valence electrons. The van der Waals surface area contributed by atoms with Gasteiger partial charge in [-0.3, -0.25) is 4.79 Å². The molecule has 0 heterocycles. The number of nitrogens with one attached hydrogen (secondary N) is 1. The van der Waals surface area contributed by atoms with Crippen LogP contribution in [0.4, 0.5) is 0 Å².